The maximum Gasteiger partial charge on any atom is 0.254 e. The summed E-state index contributed by atoms with van der Waals surface area (Å²) >= 11 is 0. The van der Waals surface area contributed by atoms with Gasteiger partial charge in [-0.2, -0.15) is 0 Å². The Kier molecular flexibility index (Phi) is 4.64. The molecule has 1 saturated heterocycles. The molecule has 0 atom stereocenters. The lowest BCUT2D eigenvalue weighted by Crippen LogP contribution is -2.56. The van der Waals surface area contributed by atoms with Crippen LogP contribution in [0.2, 0.25) is 0 Å². The number of amides is 1. The van der Waals surface area contributed by atoms with Gasteiger partial charge >= 0.3 is 0 Å². The fourth-order valence-electron chi connectivity index (χ4n) is 3.53. The summed E-state index contributed by atoms with van der Waals surface area (Å²) in [7, 11) is 1.61. The van der Waals surface area contributed by atoms with Crippen molar-refractivity contribution in [2.45, 2.75) is 38.3 Å². The summed E-state index contributed by atoms with van der Waals surface area (Å²) in [5, 5.41) is 0. The lowest BCUT2D eigenvalue weighted by atomic mass is 10.1. The first kappa shape index (κ1) is 17.6. The van der Waals surface area contributed by atoms with E-state index in [9.17, 15) is 9.59 Å². The Balaban J connectivity index is 1.31. The third-order valence-electron chi connectivity index (χ3n) is 5.14. The van der Waals surface area contributed by atoms with Gasteiger partial charge in [0, 0.05) is 17.8 Å². The van der Waals surface area contributed by atoms with Gasteiger partial charge in [-0.25, -0.2) is 0 Å². The second kappa shape index (κ2) is 7.10. The maximum absolute atomic E-state index is 12.4. The van der Waals surface area contributed by atoms with Crippen LogP contribution in [0.15, 0.2) is 41.2 Å². The Hall–Kier alpha value is -2.76. The third-order valence-corrected chi connectivity index (χ3v) is 5.14. The van der Waals surface area contributed by atoms with E-state index in [0.717, 1.165) is 29.8 Å². The van der Waals surface area contributed by atoms with Crippen LogP contribution >= 0.6 is 0 Å². The van der Waals surface area contributed by atoms with E-state index >= 15 is 0 Å². The summed E-state index contributed by atoms with van der Waals surface area (Å²) in [5.74, 6) is 1.42. The third kappa shape index (κ3) is 3.84. The number of hydrogen-bond acceptors (Lipinski definition) is 4. The average Bonchev–Trinajstić information content (AvgIpc) is 3.42. The van der Waals surface area contributed by atoms with Crippen molar-refractivity contribution in [3.05, 3.63) is 58.0 Å². The summed E-state index contributed by atoms with van der Waals surface area (Å²) in [6.07, 6.45) is 2.44. The molecule has 0 N–H and O–H groups in total. The van der Waals surface area contributed by atoms with Crippen LogP contribution in [0.3, 0.4) is 0 Å². The predicted octanol–water partition coefficient (Wildman–Crippen LogP) is 2.33. The van der Waals surface area contributed by atoms with Crippen LogP contribution in [0, 0.1) is 6.92 Å². The molecule has 1 aromatic carbocycles. The number of methoxy groups -OCH3 is 1. The minimum atomic E-state index is -0.0603. The Morgan fingerprint density at radius 2 is 1.93 bits per heavy atom. The van der Waals surface area contributed by atoms with Crippen LogP contribution in [0.5, 0.6) is 11.5 Å². The van der Waals surface area contributed by atoms with Gasteiger partial charge < -0.3 is 18.9 Å². The summed E-state index contributed by atoms with van der Waals surface area (Å²) in [5.41, 5.74) is 1.87. The van der Waals surface area contributed by atoms with Gasteiger partial charge in [-0.05, 0) is 43.5 Å². The zero-order valence-corrected chi connectivity index (χ0v) is 15.7. The molecule has 4 rings (SSSR count). The number of hydrogen-bond donors (Lipinski definition) is 0. The van der Waals surface area contributed by atoms with Crippen LogP contribution in [-0.4, -0.2) is 41.7 Å². The van der Waals surface area contributed by atoms with Crippen LogP contribution in [0.25, 0.3) is 0 Å². The number of ether oxygens (including phenoxy) is 2. The molecule has 142 valence electrons. The SMILES string of the molecule is COc1cccc(CC(=O)N2CC(Oc3cc(C)n(C4CC4)c(=O)c3)C2)c1. The molecule has 6 nitrogen and oxygen atoms in total. The molecule has 1 aliphatic carbocycles. The minimum Gasteiger partial charge on any atom is -0.497 e. The van der Waals surface area contributed by atoms with Gasteiger partial charge in [-0.1, -0.05) is 12.1 Å². The summed E-state index contributed by atoms with van der Waals surface area (Å²) < 4.78 is 12.9. The maximum atomic E-state index is 12.4. The van der Waals surface area contributed by atoms with E-state index in [1.165, 1.54) is 0 Å². The van der Waals surface area contributed by atoms with E-state index < -0.39 is 0 Å². The molecule has 0 unspecified atom stereocenters. The van der Waals surface area contributed by atoms with Crippen molar-refractivity contribution in [3.63, 3.8) is 0 Å². The summed E-state index contributed by atoms with van der Waals surface area (Å²) in [6, 6.07) is 11.4. The first-order chi connectivity index (χ1) is 13.0. The number of carbonyl (C=O) groups excluding carboxylic acids is 1. The fraction of sp³-hybridized carbons (Fsp3) is 0.429. The van der Waals surface area contributed by atoms with Crippen molar-refractivity contribution in [1.82, 2.24) is 9.47 Å². The van der Waals surface area contributed by atoms with Crippen LogP contribution in [0.1, 0.15) is 30.1 Å². The number of nitrogens with zero attached hydrogens (tertiary/aromatic N) is 2. The van der Waals surface area contributed by atoms with Crippen molar-refractivity contribution in [2.24, 2.45) is 0 Å². The molecule has 0 bridgehead atoms. The lowest BCUT2D eigenvalue weighted by Gasteiger charge is -2.39. The molecule has 2 heterocycles. The van der Waals surface area contributed by atoms with Gasteiger partial charge in [0.25, 0.3) is 5.56 Å². The molecule has 27 heavy (non-hydrogen) atoms. The fourth-order valence-corrected chi connectivity index (χ4v) is 3.53. The number of pyridine rings is 1. The quantitative estimate of drug-likeness (QED) is 0.785. The van der Waals surface area contributed by atoms with E-state index in [4.69, 9.17) is 9.47 Å². The van der Waals surface area contributed by atoms with Crippen LogP contribution < -0.4 is 15.0 Å². The van der Waals surface area contributed by atoms with Gasteiger partial charge in [0.15, 0.2) is 0 Å². The molecular weight excluding hydrogens is 344 g/mol. The van der Waals surface area contributed by atoms with Gasteiger partial charge in [0.05, 0.1) is 26.6 Å². The normalized spacial score (nSPS) is 16.7. The first-order valence-electron chi connectivity index (χ1n) is 9.34. The Labute approximate surface area is 158 Å². The molecule has 0 spiro atoms. The second-order valence-corrected chi connectivity index (χ2v) is 7.34. The molecule has 0 radical (unpaired) electrons. The number of likely N-dealkylation sites (tertiary alicyclic amines) is 1. The number of aromatic nitrogens is 1. The predicted molar refractivity (Wildman–Crippen MR) is 101 cm³/mol. The topological polar surface area (TPSA) is 60.8 Å². The van der Waals surface area contributed by atoms with E-state index in [1.807, 2.05) is 41.8 Å². The minimum absolute atomic E-state index is 0.00205. The van der Waals surface area contributed by atoms with E-state index in [0.29, 0.717) is 31.3 Å². The molecule has 1 aliphatic heterocycles. The number of rotatable bonds is 6. The lowest BCUT2D eigenvalue weighted by molar-refractivity contribution is -0.139. The standard InChI is InChI=1S/C21H24N2O4/c1-14-8-18(11-21(25)23(14)16-6-7-16)27-19-12-22(13-19)20(24)10-15-4-3-5-17(9-15)26-2/h3-5,8-9,11,16,19H,6-7,10,12-13H2,1-2H3. The van der Waals surface area contributed by atoms with E-state index in [-0.39, 0.29) is 17.6 Å². The van der Waals surface area contributed by atoms with Crippen LogP contribution in [-0.2, 0) is 11.2 Å². The van der Waals surface area contributed by atoms with Crippen molar-refractivity contribution in [1.29, 1.82) is 0 Å². The number of benzene rings is 1. The molecule has 6 heteroatoms. The van der Waals surface area contributed by atoms with Gasteiger partial charge in [-0.3, -0.25) is 9.59 Å². The van der Waals surface area contributed by atoms with Gasteiger partial charge in [0.2, 0.25) is 5.91 Å². The Morgan fingerprint density at radius 1 is 1.15 bits per heavy atom. The van der Waals surface area contributed by atoms with Crippen molar-refractivity contribution >= 4 is 5.91 Å². The first-order valence-corrected chi connectivity index (χ1v) is 9.34. The van der Waals surface area contributed by atoms with Crippen LogP contribution in [0.4, 0.5) is 0 Å². The largest absolute Gasteiger partial charge is 0.497 e. The summed E-state index contributed by atoms with van der Waals surface area (Å²) in [6.45, 7) is 3.04. The molecule has 1 amide bonds. The summed E-state index contributed by atoms with van der Waals surface area (Å²) in [4.78, 5) is 26.4. The second-order valence-electron chi connectivity index (χ2n) is 7.34. The van der Waals surface area contributed by atoms with Gasteiger partial charge in [-0.15, -0.1) is 0 Å². The van der Waals surface area contributed by atoms with E-state index in [1.54, 1.807) is 18.1 Å². The highest BCUT2D eigenvalue weighted by Crippen LogP contribution is 2.35. The molecule has 2 fully saturated rings. The zero-order chi connectivity index (χ0) is 19.0. The van der Waals surface area contributed by atoms with Crippen molar-refractivity contribution < 1.29 is 14.3 Å². The van der Waals surface area contributed by atoms with Crippen molar-refractivity contribution in [3.8, 4) is 11.5 Å². The highest BCUT2D eigenvalue weighted by Gasteiger charge is 2.32. The van der Waals surface area contributed by atoms with E-state index in [2.05, 4.69) is 0 Å². The highest BCUT2D eigenvalue weighted by atomic mass is 16.5. The monoisotopic (exact) mass is 368 g/mol. The molecule has 2 aromatic rings. The highest BCUT2D eigenvalue weighted by molar-refractivity contribution is 5.79. The molecule has 1 saturated carbocycles. The molecule has 1 aromatic heterocycles. The van der Waals surface area contributed by atoms with Gasteiger partial charge in [0.1, 0.15) is 17.6 Å². The molecular formula is C21H24N2O4. The number of carbonyl (C=O) groups is 1. The Morgan fingerprint density at radius 3 is 2.59 bits per heavy atom. The smallest absolute Gasteiger partial charge is 0.254 e. The number of aryl methyl sites for hydroxylation is 1. The molecule has 2 aliphatic rings. The zero-order valence-electron chi connectivity index (χ0n) is 15.7. The Bertz CT molecular complexity index is 911. The average molecular weight is 368 g/mol. The van der Waals surface area contributed by atoms with Crippen molar-refractivity contribution in [2.75, 3.05) is 20.2 Å².